The minimum atomic E-state index is -0.963. The molecule has 0 spiro atoms. The molecule has 80 valence electrons. The van der Waals surface area contributed by atoms with Crippen molar-refractivity contribution in [1.82, 2.24) is 10.2 Å². The average Bonchev–Trinajstić information content (AvgIpc) is 2.66. The Kier molecular flexibility index (Phi) is 3.82. The molecule has 0 aliphatic carbocycles. The lowest BCUT2D eigenvalue weighted by molar-refractivity contribution is -0.138. The molecule has 0 aliphatic heterocycles. The number of fused-ring (bicyclic) bond motifs is 1. The Hall–Kier alpha value is -1.88. The van der Waals surface area contributed by atoms with Crippen LogP contribution < -0.4 is 5.73 Å². The fourth-order valence-electron chi connectivity index (χ4n) is 0.883. The number of aromatic amines is 1. The Morgan fingerprint density at radius 3 is 2.67 bits per heavy atom. The molecule has 5 heteroatoms. The fraction of sp³-hybridized carbons (Fsp3) is 0.200. The summed E-state index contributed by atoms with van der Waals surface area (Å²) in [4.78, 5) is 9.57. The van der Waals surface area contributed by atoms with E-state index in [4.69, 9.17) is 10.8 Å². The van der Waals surface area contributed by atoms with Crippen molar-refractivity contribution in [3.8, 4) is 0 Å². The van der Waals surface area contributed by atoms with Gasteiger partial charge >= 0.3 is 5.97 Å². The van der Waals surface area contributed by atoms with Crippen molar-refractivity contribution in [3.63, 3.8) is 0 Å². The van der Waals surface area contributed by atoms with E-state index in [9.17, 15) is 4.79 Å². The van der Waals surface area contributed by atoms with Gasteiger partial charge in [-0.2, -0.15) is 5.10 Å². The van der Waals surface area contributed by atoms with Gasteiger partial charge in [0.05, 0.1) is 11.7 Å². The topological polar surface area (TPSA) is 92.0 Å². The Morgan fingerprint density at radius 2 is 2.13 bits per heavy atom. The molecule has 1 heterocycles. The van der Waals surface area contributed by atoms with Crippen LogP contribution in [-0.2, 0) is 4.79 Å². The van der Waals surface area contributed by atoms with Gasteiger partial charge in [0.25, 0.3) is 0 Å². The molecule has 0 radical (unpaired) electrons. The maximum Gasteiger partial charge on any atom is 0.320 e. The van der Waals surface area contributed by atoms with Gasteiger partial charge in [-0.3, -0.25) is 9.89 Å². The van der Waals surface area contributed by atoms with Gasteiger partial charge in [-0.25, -0.2) is 0 Å². The van der Waals surface area contributed by atoms with Gasteiger partial charge < -0.3 is 10.8 Å². The molecule has 0 fully saturated rings. The lowest BCUT2D eigenvalue weighted by Crippen LogP contribution is -2.25. The molecule has 2 aromatic rings. The van der Waals surface area contributed by atoms with E-state index in [1.165, 1.54) is 6.92 Å². The summed E-state index contributed by atoms with van der Waals surface area (Å²) in [5.74, 6) is -0.963. The smallest absolute Gasteiger partial charge is 0.320 e. The standard InChI is InChI=1S/C7H6N2.C3H7NO2/c1-2-4-7-6(3-1)5-8-9-7;1-2(4)3(5)6/h1-5H,(H,8,9);2H,4H2,1H3,(H,5,6)/t;2-/m.0/s1. The molecule has 1 aromatic carbocycles. The third-order valence-corrected chi connectivity index (χ3v) is 1.74. The van der Waals surface area contributed by atoms with Crippen LogP contribution in [0.4, 0.5) is 0 Å². The van der Waals surface area contributed by atoms with Crippen molar-refractivity contribution in [2.75, 3.05) is 0 Å². The molecule has 0 aliphatic rings. The Labute approximate surface area is 86.9 Å². The van der Waals surface area contributed by atoms with Crippen LogP contribution in [0.1, 0.15) is 6.92 Å². The number of hydrogen-bond acceptors (Lipinski definition) is 3. The quantitative estimate of drug-likeness (QED) is 0.650. The highest BCUT2D eigenvalue weighted by molar-refractivity contribution is 5.77. The Bertz CT molecular complexity index is 407. The van der Waals surface area contributed by atoms with Gasteiger partial charge in [-0.05, 0) is 13.0 Å². The average molecular weight is 207 g/mol. The maximum absolute atomic E-state index is 9.57. The second-order valence-corrected chi connectivity index (χ2v) is 3.08. The van der Waals surface area contributed by atoms with Crippen LogP contribution in [0.2, 0.25) is 0 Å². The van der Waals surface area contributed by atoms with E-state index in [0.29, 0.717) is 0 Å². The van der Waals surface area contributed by atoms with Crippen LogP contribution in [0.25, 0.3) is 10.9 Å². The fourth-order valence-corrected chi connectivity index (χ4v) is 0.883. The Balaban J connectivity index is 0.000000167. The summed E-state index contributed by atoms with van der Waals surface area (Å²) in [5, 5.41) is 15.8. The van der Waals surface area contributed by atoms with Gasteiger partial charge in [0.15, 0.2) is 0 Å². The molecule has 0 saturated heterocycles. The summed E-state index contributed by atoms with van der Waals surface area (Å²) < 4.78 is 0. The third-order valence-electron chi connectivity index (χ3n) is 1.74. The number of benzene rings is 1. The van der Waals surface area contributed by atoms with Gasteiger partial charge in [0, 0.05) is 5.39 Å². The number of aliphatic carboxylic acids is 1. The van der Waals surface area contributed by atoms with Crippen molar-refractivity contribution in [1.29, 1.82) is 0 Å². The lowest BCUT2D eigenvalue weighted by atomic mass is 10.3. The molecule has 0 unspecified atom stereocenters. The van der Waals surface area contributed by atoms with E-state index in [0.717, 1.165) is 10.9 Å². The zero-order chi connectivity index (χ0) is 11.3. The van der Waals surface area contributed by atoms with Crippen molar-refractivity contribution in [2.45, 2.75) is 13.0 Å². The zero-order valence-electron chi connectivity index (χ0n) is 8.34. The van der Waals surface area contributed by atoms with E-state index in [1.807, 2.05) is 30.5 Å². The predicted molar refractivity (Wildman–Crippen MR) is 57.4 cm³/mol. The van der Waals surface area contributed by atoms with E-state index in [2.05, 4.69) is 10.2 Å². The first-order valence-electron chi connectivity index (χ1n) is 4.47. The summed E-state index contributed by atoms with van der Waals surface area (Å²) in [6.07, 6.45) is 1.81. The van der Waals surface area contributed by atoms with E-state index < -0.39 is 12.0 Å². The minimum absolute atomic E-state index is 0.731. The SMILES string of the molecule is C[C@H](N)C(=O)O.c1ccc2[nH]ncc2c1. The number of hydrogen-bond donors (Lipinski definition) is 3. The van der Waals surface area contributed by atoms with E-state index in [-0.39, 0.29) is 0 Å². The van der Waals surface area contributed by atoms with Crippen molar-refractivity contribution in [3.05, 3.63) is 30.5 Å². The number of carboxylic acids is 1. The summed E-state index contributed by atoms with van der Waals surface area (Å²) in [5.41, 5.74) is 5.93. The Morgan fingerprint density at radius 1 is 1.53 bits per heavy atom. The molecule has 0 bridgehead atoms. The summed E-state index contributed by atoms with van der Waals surface area (Å²) >= 11 is 0. The molecule has 2 rings (SSSR count). The van der Waals surface area contributed by atoms with Gasteiger partial charge in [0.1, 0.15) is 6.04 Å². The van der Waals surface area contributed by atoms with Crippen LogP contribution in [-0.4, -0.2) is 27.3 Å². The first kappa shape index (κ1) is 11.2. The highest BCUT2D eigenvalue weighted by Crippen LogP contribution is 2.06. The second kappa shape index (κ2) is 5.11. The molecule has 15 heavy (non-hydrogen) atoms. The van der Waals surface area contributed by atoms with Crippen LogP contribution in [0.15, 0.2) is 30.5 Å². The zero-order valence-corrected chi connectivity index (χ0v) is 8.34. The van der Waals surface area contributed by atoms with Crippen LogP contribution in [0, 0.1) is 0 Å². The monoisotopic (exact) mass is 207 g/mol. The predicted octanol–water partition coefficient (Wildman–Crippen LogP) is 0.981. The molecular formula is C10H13N3O2. The highest BCUT2D eigenvalue weighted by atomic mass is 16.4. The lowest BCUT2D eigenvalue weighted by Gasteiger charge is -1.90. The molecule has 5 nitrogen and oxygen atoms in total. The number of nitrogens with zero attached hydrogens (tertiary/aromatic N) is 1. The molecule has 4 N–H and O–H groups in total. The summed E-state index contributed by atoms with van der Waals surface area (Å²) in [6.45, 7) is 1.42. The molecule has 0 saturated carbocycles. The van der Waals surface area contributed by atoms with Crippen LogP contribution in [0.3, 0.4) is 0 Å². The van der Waals surface area contributed by atoms with E-state index >= 15 is 0 Å². The number of aromatic nitrogens is 2. The van der Waals surface area contributed by atoms with E-state index in [1.54, 1.807) is 0 Å². The summed E-state index contributed by atoms with van der Waals surface area (Å²) in [6, 6.07) is 7.28. The minimum Gasteiger partial charge on any atom is -0.480 e. The van der Waals surface area contributed by atoms with Crippen LogP contribution in [0.5, 0.6) is 0 Å². The number of para-hydroxylation sites is 1. The van der Waals surface area contributed by atoms with Crippen molar-refractivity contribution in [2.24, 2.45) is 5.73 Å². The maximum atomic E-state index is 9.57. The summed E-state index contributed by atoms with van der Waals surface area (Å²) in [7, 11) is 0. The first-order valence-corrected chi connectivity index (χ1v) is 4.47. The number of carbonyl (C=O) groups is 1. The molecule has 1 atom stereocenters. The number of nitrogens with one attached hydrogen (secondary N) is 1. The first-order chi connectivity index (χ1) is 7.11. The molecule has 0 amide bonds. The van der Waals surface area contributed by atoms with Gasteiger partial charge in [-0.15, -0.1) is 0 Å². The second-order valence-electron chi connectivity index (χ2n) is 3.08. The largest absolute Gasteiger partial charge is 0.480 e. The highest BCUT2D eigenvalue weighted by Gasteiger charge is 1.99. The van der Waals surface area contributed by atoms with Gasteiger partial charge in [-0.1, -0.05) is 18.2 Å². The van der Waals surface area contributed by atoms with Gasteiger partial charge in [0.2, 0.25) is 0 Å². The van der Waals surface area contributed by atoms with Crippen molar-refractivity contribution < 1.29 is 9.90 Å². The number of H-pyrrole nitrogens is 1. The number of carboxylic acid groups (broad SMARTS) is 1. The van der Waals surface area contributed by atoms with Crippen molar-refractivity contribution >= 4 is 16.9 Å². The number of nitrogens with two attached hydrogens (primary N) is 1. The normalized spacial score (nSPS) is 11.6. The third kappa shape index (κ3) is 3.40. The number of rotatable bonds is 1. The molecular weight excluding hydrogens is 194 g/mol. The molecule has 1 aromatic heterocycles. The van der Waals surface area contributed by atoms with Crippen LogP contribution >= 0.6 is 0 Å².